The molecule has 17 heavy (non-hydrogen) atoms. The fourth-order valence-corrected chi connectivity index (χ4v) is 3.46. The van der Waals surface area contributed by atoms with Crippen molar-refractivity contribution in [2.75, 3.05) is 32.7 Å². The number of nitrogens with zero attached hydrogens (tertiary/aromatic N) is 1. The van der Waals surface area contributed by atoms with Crippen molar-refractivity contribution in [2.45, 2.75) is 33.1 Å². The summed E-state index contributed by atoms with van der Waals surface area (Å²) in [5.74, 6) is 0.614. The van der Waals surface area contributed by atoms with Crippen molar-refractivity contribution >= 4 is 10.2 Å². The molecule has 1 aliphatic rings. The lowest BCUT2D eigenvalue weighted by molar-refractivity contribution is 0.355. The molecule has 1 unspecified atom stereocenters. The Labute approximate surface area is 105 Å². The first kappa shape index (κ1) is 14.9. The Hall–Kier alpha value is -0.170. The minimum absolute atomic E-state index is 0.525. The molecule has 0 radical (unpaired) electrons. The van der Waals surface area contributed by atoms with Gasteiger partial charge in [-0.3, -0.25) is 0 Å². The van der Waals surface area contributed by atoms with Crippen LogP contribution in [0, 0.1) is 5.92 Å². The SMILES string of the molecule is CCN(CC)S(=O)(=O)NCCC1CCCNC1. The van der Waals surface area contributed by atoms with Gasteiger partial charge in [0.05, 0.1) is 0 Å². The molecule has 0 aromatic rings. The molecule has 6 heteroatoms. The second-order valence-corrected chi connectivity index (χ2v) is 6.24. The van der Waals surface area contributed by atoms with Crippen molar-refractivity contribution in [3.05, 3.63) is 0 Å². The van der Waals surface area contributed by atoms with Crippen molar-refractivity contribution in [3.8, 4) is 0 Å². The van der Waals surface area contributed by atoms with Gasteiger partial charge in [0.2, 0.25) is 0 Å². The molecule has 1 rings (SSSR count). The number of hydrogen-bond donors (Lipinski definition) is 2. The molecule has 102 valence electrons. The van der Waals surface area contributed by atoms with Gasteiger partial charge in [0.1, 0.15) is 0 Å². The summed E-state index contributed by atoms with van der Waals surface area (Å²) in [6.07, 6.45) is 3.33. The molecule has 1 aliphatic heterocycles. The van der Waals surface area contributed by atoms with Gasteiger partial charge in [0.25, 0.3) is 10.2 Å². The van der Waals surface area contributed by atoms with E-state index in [1.54, 1.807) is 0 Å². The van der Waals surface area contributed by atoms with E-state index < -0.39 is 10.2 Å². The van der Waals surface area contributed by atoms with Crippen molar-refractivity contribution in [1.82, 2.24) is 14.3 Å². The highest BCUT2D eigenvalue weighted by Crippen LogP contribution is 2.13. The molecule has 0 amide bonds. The zero-order valence-corrected chi connectivity index (χ0v) is 11.7. The summed E-state index contributed by atoms with van der Waals surface area (Å²) in [6.45, 7) is 7.43. The Balaban J connectivity index is 2.29. The highest BCUT2D eigenvalue weighted by molar-refractivity contribution is 7.87. The van der Waals surface area contributed by atoms with Gasteiger partial charge in [-0.1, -0.05) is 13.8 Å². The van der Waals surface area contributed by atoms with Crippen LogP contribution in [0.25, 0.3) is 0 Å². The maximum absolute atomic E-state index is 11.8. The maximum atomic E-state index is 11.8. The highest BCUT2D eigenvalue weighted by atomic mass is 32.2. The molecule has 1 fully saturated rings. The van der Waals surface area contributed by atoms with Gasteiger partial charge in [-0.05, 0) is 38.3 Å². The van der Waals surface area contributed by atoms with Gasteiger partial charge in [0, 0.05) is 19.6 Å². The van der Waals surface area contributed by atoms with Crippen molar-refractivity contribution in [3.63, 3.8) is 0 Å². The monoisotopic (exact) mass is 263 g/mol. The van der Waals surface area contributed by atoms with Gasteiger partial charge in [-0.15, -0.1) is 0 Å². The zero-order valence-electron chi connectivity index (χ0n) is 10.9. The van der Waals surface area contributed by atoms with Crippen LogP contribution in [-0.2, 0) is 10.2 Å². The molecular formula is C11H25N3O2S. The third kappa shape index (κ3) is 4.91. The van der Waals surface area contributed by atoms with Crippen LogP contribution < -0.4 is 10.0 Å². The van der Waals surface area contributed by atoms with Crippen molar-refractivity contribution in [2.24, 2.45) is 5.92 Å². The van der Waals surface area contributed by atoms with Gasteiger partial charge in [-0.2, -0.15) is 12.7 Å². The number of rotatable bonds is 7. The molecule has 2 N–H and O–H groups in total. The van der Waals surface area contributed by atoms with Crippen LogP contribution in [0.4, 0.5) is 0 Å². The first-order chi connectivity index (χ1) is 8.10. The van der Waals surface area contributed by atoms with E-state index in [1.807, 2.05) is 13.8 Å². The van der Waals surface area contributed by atoms with Gasteiger partial charge < -0.3 is 5.32 Å². The Kier molecular flexibility index (Phi) is 6.40. The number of hydrogen-bond acceptors (Lipinski definition) is 3. The minimum atomic E-state index is -3.26. The molecule has 1 heterocycles. The van der Waals surface area contributed by atoms with Gasteiger partial charge in [0.15, 0.2) is 0 Å². The second-order valence-electron chi connectivity index (χ2n) is 4.48. The Bertz CT molecular complexity index is 296. The predicted molar refractivity (Wildman–Crippen MR) is 70.1 cm³/mol. The zero-order chi connectivity index (χ0) is 12.7. The van der Waals surface area contributed by atoms with Crippen LogP contribution in [-0.4, -0.2) is 45.4 Å². The quantitative estimate of drug-likeness (QED) is 0.705. The number of piperidine rings is 1. The lowest BCUT2D eigenvalue weighted by atomic mass is 9.96. The fraction of sp³-hybridized carbons (Fsp3) is 1.00. The van der Waals surface area contributed by atoms with Gasteiger partial charge >= 0.3 is 0 Å². The van der Waals surface area contributed by atoms with Crippen LogP contribution >= 0.6 is 0 Å². The Morgan fingerprint density at radius 1 is 1.35 bits per heavy atom. The van der Waals surface area contributed by atoms with Crippen LogP contribution in [0.15, 0.2) is 0 Å². The van der Waals surface area contributed by atoms with E-state index in [0.29, 0.717) is 25.6 Å². The van der Waals surface area contributed by atoms with Crippen molar-refractivity contribution < 1.29 is 8.42 Å². The summed E-state index contributed by atoms with van der Waals surface area (Å²) in [4.78, 5) is 0. The van der Waals surface area contributed by atoms with E-state index >= 15 is 0 Å². The van der Waals surface area contributed by atoms with E-state index in [4.69, 9.17) is 0 Å². The first-order valence-corrected chi connectivity index (χ1v) is 7.99. The van der Waals surface area contributed by atoms with Crippen molar-refractivity contribution in [1.29, 1.82) is 0 Å². The Morgan fingerprint density at radius 3 is 2.59 bits per heavy atom. The Morgan fingerprint density at radius 2 is 2.06 bits per heavy atom. The number of nitrogens with one attached hydrogen (secondary N) is 2. The standard InChI is InChI=1S/C11H25N3O2S/c1-3-14(4-2)17(15,16)13-9-7-11-6-5-8-12-10-11/h11-13H,3-10H2,1-2H3. The molecule has 0 aromatic carbocycles. The first-order valence-electron chi connectivity index (χ1n) is 6.55. The predicted octanol–water partition coefficient (Wildman–Crippen LogP) is 0.552. The van der Waals surface area contributed by atoms with E-state index in [0.717, 1.165) is 19.5 Å². The summed E-state index contributed by atoms with van der Waals surface area (Å²) >= 11 is 0. The summed E-state index contributed by atoms with van der Waals surface area (Å²) in [6, 6.07) is 0. The topological polar surface area (TPSA) is 61.4 Å². The lowest BCUT2D eigenvalue weighted by Crippen LogP contribution is -2.41. The largest absolute Gasteiger partial charge is 0.316 e. The van der Waals surface area contributed by atoms with Gasteiger partial charge in [-0.25, -0.2) is 4.72 Å². The molecular weight excluding hydrogens is 238 g/mol. The van der Waals surface area contributed by atoms with Crippen LogP contribution in [0.5, 0.6) is 0 Å². The third-order valence-corrected chi connectivity index (χ3v) is 5.05. The average Bonchev–Trinajstić information content (AvgIpc) is 2.31. The summed E-state index contributed by atoms with van der Waals surface area (Å²) in [7, 11) is -3.26. The molecule has 0 aromatic heterocycles. The van der Waals surface area contributed by atoms with E-state index in [1.165, 1.54) is 17.1 Å². The third-order valence-electron chi connectivity index (χ3n) is 3.28. The minimum Gasteiger partial charge on any atom is -0.316 e. The summed E-state index contributed by atoms with van der Waals surface area (Å²) in [5, 5.41) is 3.34. The fourth-order valence-electron chi connectivity index (χ4n) is 2.22. The molecule has 0 saturated carbocycles. The smallest absolute Gasteiger partial charge is 0.279 e. The van der Waals surface area contributed by atoms with E-state index in [9.17, 15) is 8.42 Å². The molecule has 5 nitrogen and oxygen atoms in total. The molecule has 1 saturated heterocycles. The average molecular weight is 263 g/mol. The second kappa shape index (κ2) is 7.31. The molecule has 0 spiro atoms. The lowest BCUT2D eigenvalue weighted by Gasteiger charge is -2.24. The maximum Gasteiger partial charge on any atom is 0.279 e. The van der Waals surface area contributed by atoms with Crippen LogP contribution in [0.1, 0.15) is 33.1 Å². The normalized spacial score (nSPS) is 21.9. The molecule has 1 atom stereocenters. The van der Waals surface area contributed by atoms with E-state index in [-0.39, 0.29) is 0 Å². The molecule has 0 aliphatic carbocycles. The van der Waals surface area contributed by atoms with Crippen LogP contribution in [0.2, 0.25) is 0 Å². The summed E-state index contributed by atoms with van der Waals surface area (Å²) < 4.78 is 27.8. The van der Waals surface area contributed by atoms with Crippen LogP contribution in [0.3, 0.4) is 0 Å². The highest BCUT2D eigenvalue weighted by Gasteiger charge is 2.19. The van der Waals surface area contributed by atoms with E-state index in [2.05, 4.69) is 10.0 Å². The summed E-state index contributed by atoms with van der Waals surface area (Å²) in [5.41, 5.74) is 0. The molecule has 0 bridgehead atoms.